The Morgan fingerprint density at radius 1 is 0.925 bits per heavy atom. The van der Waals surface area contributed by atoms with Crippen LogP contribution in [0.25, 0.3) is 34.1 Å². The summed E-state index contributed by atoms with van der Waals surface area (Å²) >= 11 is 2.09. The molecular formula is C30H23FIN7O. The molecule has 0 radical (unpaired) electrons. The number of fused-ring (bicyclic) bond motifs is 1. The van der Waals surface area contributed by atoms with E-state index in [1.165, 1.54) is 17.7 Å². The number of nitrogens with one attached hydrogen (secondary N) is 2. The van der Waals surface area contributed by atoms with Crippen LogP contribution < -0.4 is 10.6 Å². The van der Waals surface area contributed by atoms with Crippen LogP contribution in [0.2, 0.25) is 0 Å². The van der Waals surface area contributed by atoms with Crippen molar-refractivity contribution in [3.63, 3.8) is 0 Å². The number of amides is 2. The highest BCUT2D eigenvalue weighted by molar-refractivity contribution is 14.1. The van der Waals surface area contributed by atoms with E-state index in [2.05, 4.69) is 55.3 Å². The van der Waals surface area contributed by atoms with Gasteiger partial charge in [0, 0.05) is 57.9 Å². The van der Waals surface area contributed by atoms with Gasteiger partial charge in [-0.3, -0.25) is 4.57 Å². The summed E-state index contributed by atoms with van der Waals surface area (Å²) in [7, 11) is 0. The number of aryl methyl sites for hydroxylation is 1. The van der Waals surface area contributed by atoms with E-state index in [-0.39, 0.29) is 5.82 Å². The Morgan fingerprint density at radius 3 is 2.50 bits per heavy atom. The van der Waals surface area contributed by atoms with Gasteiger partial charge >= 0.3 is 6.03 Å². The Labute approximate surface area is 243 Å². The maximum Gasteiger partial charge on any atom is 0.323 e. The average Bonchev–Trinajstić information content (AvgIpc) is 3.64. The third-order valence-corrected chi connectivity index (χ3v) is 7.22. The molecule has 0 fully saturated rings. The minimum absolute atomic E-state index is 0.295. The highest BCUT2D eigenvalue weighted by atomic mass is 127. The van der Waals surface area contributed by atoms with Gasteiger partial charge in [0.05, 0.1) is 5.69 Å². The van der Waals surface area contributed by atoms with Crippen molar-refractivity contribution in [2.24, 2.45) is 0 Å². The smallest absolute Gasteiger partial charge is 0.308 e. The topological polar surface area (TPSA) is 89.1 Å². The number of urea groups is 1. The highest BCUT2D eigenvalue weighted by Crippen LogP contribution is 2.27. The minimum Gasteiger partial charge on any atom is -0.308 e. The second-order valence-electron chi connectivity index (χ2n) is 9.19. The van der Waals surface area contributed by atoms with Crippen LogP contribution in [0.4, 0.5) is 20.6 Å². The van der Waals surface area contributed by atoms with E-state index in [1.807, 2.05) is 64.8 Å². The van der Waals surface area contributed by atoms with Crippen LogP contribution in [0.15, 0.2) is 97.7 Å². The van der Waals surface area contributed by atoms with E-state index < -0.39 is 6.03 Å². The number of rotatable bonds is 6. The van der Waals surface area contributed by atoms with Gasteiger partial charge in [-0.15, -0.1) is 0 Å². The number of anilines is 2. The second kappa shape index (κ2) is 10.9. The number of carbonyl (C=O) groups excluding carboxylic acids is 1. The Balaban J connectivity index is 1.31. The summed E-state index contributed by atoms with van der Waals surface area (Å²) in [6, 6.07) is 19.7. The molecule has 6 rings (SSSR count). The lowest BCUT2D eigenvalue weighted by Gasteiger charge is -2.13. The molecule has 10 heteroatoms. The summed E-state index contributed by atoms with van der Waals surface area (Å²) in [5, 5.41) is 5.62. The van der Waals surface area contributed by atoms with Crippen molar-refractivity contribution >= 4 is 45.6 Å². The predicted octanol–water partition coefficient (Wildman–Crippen LogP) is 7.28. The van der Waals surface area contributed by atoms with Crippen molar-refractivity contribution in [3.05, 3.63) is 115 Å². The molecule has 8 nitrogen and oxygen atoms in total. The molecule has 198 valence electrons. The monoisotopic (exact) mass is 643 g/mol. The molecule has 2 amide bonds. The van der Waals surface area contributed by atoms with Gasteiger partial charge in [-0.1, -0.05) is 64.6 Å². The molecular weight excluding hydrogens is 620 g/mol. The van der Waals surface area contributed by atoms with Crippen LogP contribution in [0.3, 0.4) is 0 Å². The number of imidazole rings is 2. The first-order valence-corrected chi connectivity index (χ1v) is 14.0. The standard InChI is InChI=1S/C30H23FIN7O/c1-19-5-7-20(8-6-19)27-33-12-14-39(27)29-28-34-11-13-38(28)18-26(37-29)21-3-2-4-23(15-21)35-30(40)36-24-9-10-25(31)22(16-24)17-32/h2-16,18H,17H2,1H3,(H2,35,36,40). The van der Waals surface area contributed by atoms with E-state index in [4.69, 9.17) is 4.98 Å². The molecule has 0 saturated carbocycles. The molecule has 0 bridgehead atoms. The number of nitrogens with zero attached hydrogens (tertiary/aromatic N) is 5. The van der Waals surface area contributed by atoms with Crippen LogP contribution in [0, 0.1) is 12.7 Å². The molecule has 2 N–H and O–H groups in total. The Hall–Kier alpha value is -4.58. The number of benzene rings is 3. The zero-order chi connectivity index (χ0) is 27.6. The van der Waals surface area contributed by atoms with Crippen molar-refractivity contribution in [2.75, 3.05) is 10.6 Å². The molecule has 0 spiro atoms. The first kappa shape index (κ1) is 25.7. The average molecular weight is 643 g/mol. The van der Waals surface area contributed by atoms with E-state index in [0.29, 0.717) is 38.5 Å². The fourth-order valence-electron chi connectivity index (χ4n) is 4.41. The maximum atomic E-state index is 13.8. The van der Waals surface area contributed by atoms with Gasteiger partial charge < -0.3 is 15.0 Å². The van der Waals surface area contributed by atoms with E-state index in [0.717, 1.165) is 17.0 Å². The fraction of sp³-hybridized carbons (Fsp3) is 0.0667. The van der Waals surface area contributed by atoms with Crippen LogP contribution in [0.1, 0.15) is 11.1 Å². The van der Waals surface area contributed by atoms with Gasteiger partial charge in [0.1, 0.15) is 11.6 Å². The van der Waals surface area contributed by atoms with Gasteiger partial charge in [-0.05, 0) is 42.8 Å². The van der Waals surface area contributed by atoms with Crippen LogP contribution in [-0.2, 0) is 4.43 Å². The number of carbonyl (C=O) groups is 1. The fourth-order valence-corrected chi connectivity index (χ4v) is 5.00. The maximum absolute atomic E-state index is 13.8. The lowest BCUT2D eigenvalue weighted by molar-refractivity contribution is 0.262. The second-order valence-corrected chi connectivity index (χ2v) is 9.96. The van der Waals surface area contributed by atoms with Crippen molar-refractivity contribution in [1.82, 2.24) is 23.9 Å². The molecule has 6 aromatic rings. The summed E-state index contributed by atoms with van der Waals surface area (Å²) < 4.78 is 18.2. The zero-order valence-corrected chi connectivity index (χ0v) is 23.5. The van der Waals surface area contributed by atoms with Gasteiger partial charge in [0.2, 0.25) is 0 Å². The summed E-state index contributed by atoms with van der Waals surface area (Å²) in [4.78, 5) is 26.8. The van der Waals surface area contributed by atoms with Crippen molar-refractivity contribution < 1.29 is 9.18 Å². The molecule has 0 atom stereocenters. The molecule has 0 unspecified atom stereocenters. The molecule has 0 aliphatic heterocycles. The quantitative estimate of drug-likeness (QED) is 0.148. The van der Waals surface area contributed by atoms with Crippen molar-refractivity contribution in [1.29, 1.82) is 0 Å². The lowest BCUT2D eigenvalue weighted by atomic mass is 10.1. The largest absolute Gasteiger partial charge is 0.323 e. The molecule has 3 aromatic carbocycles. The first-order valence-electron chi connectivity index (χ1n) is 12.5. The third-order valence-electron chi connectivity index (χ3n) is 6.40. The number of halogens is 2. The number of alkyl halides is 1. The third kappa shape index (κ3) is 5.17. The Bertz CT molecular complexity index is 1850. The van der Waals surface area contributed by atoms with Crippen LogP contribution in [-0.4, -0.2) is 30.0 Å². The molecule has 40 heavy (non-hydrogen) atoms. The number of aromatic nitrogens is 5. The van der Waals surface area contributed by atoms with E-state index in [1.54, 1.807) is 24.5 Å². The highest BCUT2D eigenvalue weighted by Gasteiger charge is 2.16. The summed E-state index contributed by atoms with van der Waals surface area (Å²) in [5.74, 6) is 1.10. The Kier molecular flexibility index (Phi) is 6.99. The summed E-state index contributed by atoms with van der Waals surface area (Å²) in [6.45, 7) is 2.05. The molecule has 3 aromatic heterocycles. The molecule has 0 aliphatic rings. The Morgan fingerprint density at radius 2 is 1.70 bits per heavy atom. The van der Waals surface area contributed by atoms with Gasteiger partial charge in [0.25, 0.3) is 0 Å². The van der Waals surface area contributed by atoms with Gasteiger partial charge in [-0.25, -0.2) is 24.1 Å². The van der Waals surface area contributed by atoms with Crippen LogP contribution in [0.5, 0.6) is 0 Å². The predicted molar refractivity (Wildman–Crippen MR) is 162 cm³/mol. The van der Waals surface area contributed by atoms with Crippen molar-refractivity contribution in [3.8, 4) is 28.5 Å². The summed E-state index contributed by atoms with van der Waals surface area (Å²) in [6.07, 6.45) is 9.12. The molecule has 3 heterocycles. The first-order chi connectivity index (χ1) is 19.5. The zero-order valence-electron chi connectivity index (χ0n) is 21.3. The normalized spacial score (nSPS) is 11.1. The molecule has 0 aliphatic carbocycles. The minimum atomic E-state index is -0.428. The SMILES string of the molecule is Cc1ccc(-c2nccn2-c2nc(-c3cccc(NC(=O)Nc4ccc(F)c(CI)c4)c3)cn3ccnc23)cc1. The van der Waals surface area contributed by atoms with Gasteiger partial charge in [0.15, 0.2) is 11.5 Å². The lowest BCUT2D eigenvalue weighted by Crippen LogP contribution is -2.19. The van der Waals surface area contributed by atoms with Crippen molar-refractivity contribution in [2.45, 2.75) is 11.4 Å². The van der Waals surface area contributed by atoms with E-state index >= 15 is 0 Å². The summed E-state index contributed by atoms with van der Waals surface area (Å²) in [5.41, 5.74) is 5.96. The number of hydrogen-bond acceptors (Lipinski definition) is 4. The van der Waals surface area contributed by atoms with Crippen LogP contribution >= 0.6 is 22.6 Å². The van der Waals surface area contributed by atoms with Gasteiger partial charge in [-0.2, -0.15) is 0 Å². The molecule has 0 saturated heterocycles. The van der Waals surface area contributed by atoms with E-state index in [9.17, 15) is 9.18 Å². The number of hydrogen-bond donors (Lipinski definition) is 2.